The van der Waals surface area contributed by atoms with Crippen molar-refractivity contribution in [2.24, 2.45) is 5.92 Å². The Labute approximate surface area is 133 Å². The van der Waals surface area contributed by atoms with Crippen molar-refractivity contribution < 1.29 is 14.3 Å². The molecule has 1 fully saturated rings. The lowest BCUT2D eigenvalue weighted by atomic mass is 10.1. The Morgan fingerprint density at radius 1 is 1.52 bits per heavy atom. The number of thioether (sulfide) groups is 1. The maximum Gasteiger partial charge on any atom is 0.227 e. The van der Waals surface area contributed by atoms with Crippen molar-refractivity contribution in [1.29, 1.82) is 0 Å². The molecule has 0 bridgehead atoms. The van der Waals surface area contributed by atoms with Gasteiger partial charge in [0.25, 0.3) is 0 Å². The fourth-order valence-electron chi connectivity index (χ4n) is 2.45. The van der Waals surface area contributed by atoms with E-state index in [1.54, 1.807) is 25.0 Å². The summed E-state index contributed by atoms with van der Waals surface area (Å²) in [6.45, 7) is 4.11. The summed E-state index contributed by atoms with van der Waals surface area (Å²) in [6.07, 6.45) is 0.476. The summed E-state index contributed by atoms with van der Waals surface area (Å²) in [4.78, 5) is 25.0. The monoisotopic (exact) mass is 327 g/mol. The van der Waals surface area contributed by atoms with Crippen molar-refractivity contribution in [3.63, 3.8) is 0 Å². The van der Waals surface area contributed by atoms with Crippen LogP contribution in [0.2, 0.25) is 5.02 Å². The number of aryl methyl sites for hydroxylation is 1. The first-order valence-corrected chi connectivity index (χ1v) is 8.06. The maximum atomic E-state index is 12.2. The standard InChI is InChI=1S/C15H18ClNO3S/c1-9-4-14(20-3)12(16)6-13(9)17-7-11(5-15(17)19)8-21-10(2)18/h4,6,11H,5,7-8H2,1-3H3. The number of nitrogens with zero attached hydrogens (tertiary/aromatic N) is 1. The topological polar surface area (TPSA) is 46.6 Å². The Kier molecular flexibility index (Phi) is 5.17. The number of amides is 1. The Bertz CT molecular complexity index is 576. The van der Waals surface area contributed by atoms with E-state index in [1.807, 2.05) is 13.0 Å². The van der Waals surface area contributed by atoms with Crippen LogP contribution in [-0.4, -0.2) is 30.4 Å². The largest absolute Gasteiger partial charge is 0.495 e. The smallest absolute Gasteiger partial charge is 0.227 e. The van der Waals surface area contributed by atoms with Gasteiger partial charge in [-0.15, -0.1) is 0 Å². The molecule has 0 saturated carbocycles. The lowest BCUT2D eigenvalue weighted by Gasteiger charge is -2.20. The number of hydrogen-bond donors (Lipinski definition) is 0. The van der Waals surface area contributed by atoms with E-state index < -0.39 is 0 Å². The predicted molar refractivity (Wildman–Crippen MR) is 86.3 cm³/mol. The maximum absolute atomic E-state index is 12.2. The second kappa shape index (κ2) is 6.71. The molecule has 1 aliphatic heterocycles. The molecule has 0 radical (unpaired) electrons. The summed E-state index contributed by atoms with van der Waals surface area (Å²) in [5.41, 5.74) is 1.77. The van der Waals surface area contributed by atoms with Gasteiger partial charge in [-0.2, -0.15) is 0 Å². The van der Waals surface area contributed by atoms with Crippen LogP contribution in [0.15, 0.2) is 12.1 Å². The van der Waals surface area contributed by atoms with E-state index in [-0.39, 0.29) is 16.9 Å². The predicted octanol–water partition coefficient (Wildman–Crippen LogP) is 3.29. The van der Waals surface area contributed by atoms with Crippen molar-refractivity contribution in [1.82, 2.24) is 0 Å². The quantitative estimate of drug-likeness (QED) is 0.851. The molecule has 4 nitrogen and oxygen atoms in total. The van der Waals surface area contributed by atoms with E-state index >= 15 is 0 Å². The van der Waals surface area contributed by atoms with Crippen LogP contribution < -0.4 is 9.64 Å². The van der Waals surface area contributed by atoms with Gasteiger partial charge in [0, 0.05) is 31.3 Å². The highest BCUT2D eigenvalue weighted by Crippen LogP contribution is 2.35. The lowest BCUT2D eigenvalue weighted by Crippen LogP contribution is -2.25. The van der Waals surface area contributed by atoms with Crippen molar-refractivity contribution in [3.05, 3.63) is 22.7 Å². The van der Waals surface area contributed by atoms with Gasteiger partial charge < -0.3 is 9.64 Å². The molecule has 0 aliphatic carbocycles. The first-order chi connectivity index (χ1) is 9.92. The Balaban J connectivity index is 2.17. The zero-order valence-electron chi connectivity index (χ0n) is 12.3. The van der Waals surface area contributed by atoms with Crippen LogP contribution in [0.4, 0.5) is 5.69 Å². The molecule has 6 heteroatoms. The number of hydrogen-bond acceptors (Lipinski definition) is 4. The average molecular weight is 328 g/mol. The molecule has 0 N–H and O–H groups in total. The SMILES string of the molecule is COc1cc(C)c(N2CC(CSC(C)=O)CC2=O)cc1Cl. The molecule has 114 valence electrons. The van der Waals surface area contributed by atoms with Crippen molar-refractivity contribution in [2.75, 3.05) is 24.3 Å². The number of carbonyl (C=O) groups is 2. The Morgan fingerprint density at radius 2 is 2.24 bits per heavy atom. The minimum Gasteiger partial charge on any atom is -0.495 e. The Hall–Kier alpha value is -1.20. The van der Waals surface area contributed by atoms with Crippen molar-refractivity contribution >= 4 is 40.1 Å². The summed E-state index contributed by atoms with van der Waals surface area (Å²) >= 11 is 7.43. The molecule has 1 amide bonds. The second-order valence-corrected chi connectivity index (χ2v) is 6.75. The van der Waals surface area contributed by atoms with E-state index in [9.17, 15) is 9.59 Å². The second-order valence-electron chi connectivity index (χ2n) is 5.15. The molecule has 21 heavy (non-hydrogen) atoms. The van der Waals surface area contributed by atoms with Gasteiger partial charge >= 0.3 is 0 Å². The zero-order chi connectivity index (χ0) is 15.6. The molecule has 1 atom stereocenters. The first kappa shape index (κ1) is 16.2. The van der Waals surface area contributed by atoms with Gasteiger partial charge in [0.1, 0.15) is 5.75 Å². The van der Waals surface area contributed by atoms with E-state index in [1.165, 1.54) is 11.8 Å². The number of benzene rings is 1. The van der Waals surface area contributed by atoms with E-state index in [0.29, 0.717) is 29.5 Å². The fraction of sp³-hybridized carbons (Fsp3) is 0.467. The summed E-state index contributed by atoms with van der Waals surface area (Å²) in [5, 5.41) is 0.581. The summed E-state index contributed by atoms with van der Waals surface area (Å²) in [5.74, 6) is 1.56. The molecule has 1 aliphatic rings. The van der Waals surface area contributed by atoms with Gasteiger partial charge in [0.05, 0.1) is 12.1 Å². The zero-order valence-corrected chi connectivity index (χ0v) is 13.9. The summed E-state index contributed by atoms with van der Waals surface area (Å²) < 4.78 is 5.18. The molecule has 1 aromatic rings. The number of halogens is 1. The highest BCUT2D eigenvalue weighted by Gasteiger charge is 2.31. The molecule has 0 spiro atoms. The third kappa shape index (κ3) is 3.71. The van der Waals surface area contributed by atoms with Gasteiger partial charge in [-0.05, 0) is 30.5 Å². The van der Waals surface area contributed by atoms with E-state index in [2.05, 4.69) is 0 Å². The van der Waals surface area contributed by atoms with Crippen molar-refractivity contribution in [3.8, 4) is 5.75 Å². The van der Waals surface area contributed by atoms with Gasteiger partial charge in [-0.25, -0.2) is 0 Å². The molecule has 1 unspecified atom stereocenters. The van der Waals surface area contributed by atoms with E-state index in [4.69, 9.17) is 16.3 Å². The van der Waals surface area contributed by atoms with Crippen LogP contribution >= 0.6 is 23.4 Å². The van der Waals surface area contributed by atoms with Crippen LogP contribution in [0.1, 0.15) is 18.9 Å². The van der Waals surface area contributed by atoms with Gasteiger partial charge in [0.2, 0.25) is 5.91 Å². The number of ether oxygens (including phenoxy) is 1. The normalized spacial score (nSPS) is 18.2. The molecule has 2 rings (SSSR count). The number of carbonyl (C=O) groups excluding carboxylic acids is 2. The minimum absolute atomic E-state index is 0.0773. The van der Waals surface area contributed by atoms with Gasteiger partial charge in [0.15, 0.2) is 5.12 Å². The Morgan fingerprint density at radius 3 is 2.86 bits per heavy atom. The molecule has 1 aromatic carbocycles. The van der Waals surface area contributed by atoms with Crippen molar-refractivity contribution in [2.45, 2.75) is 20.3 Å². The highest BCUT2D eigenvalue weighted by atomic mass is 35.5. The van der Waals surface area contributed by atoms with Crippen LogP contribution in [0.5, 0.6) is 5.75 Å². The third-order valence-electron chi connectivity index (χ3n) is 3.49. The third-order valence-corrected chi connectivity index (χ3v) is 4.83. The number of anilines is 1. The summed E-state index contributed by atoms with van der Waals surface area (Å²) in [6, 6.07) is 3.61. The molecular weight excluding hydrogens is 310 g/mol. The first-order valence-electron chi connectivity index (χ1n) is 6.70. The molecule has 1 saturated heterocycles. The van der Waals surface area contributed by atoms with Crippen LogP contribution in [-0.2, 0) is 9.59 Å². The number of methoxy groups -OCH3 is 1. The molecular formula is C15H18ClNO3S. The molecule has 0 aromatic heterocycles. The number of rotatable bonds is 4. The highest BCUT2D eigenvalue weighted by molar-refractivity contribution is 8.13. The average Bonchev–Trinajstić information content (AvgIpc) is 2.79. The molecule has 1 heterocycles. The fourth-order valence-corrected chi connectivity index (χ4v) is 3.38. The minimum atomic E-state index is 0.0773. The van der Waals surface area contributed by atoms with Crippen LogP contribution in [0.25, 0.3) is 0 Å². The van der Waals surface area contributed by atoms with Gasteiger partial charge in [-0.3, -0.25) is 9.59 Å². The van der Waals surface area contributed by atoms with Crippen LogP contribution in [0, 0.1) is 12.8 Å². The summed E-state index contributed by atoms with van der Waals surface area (Å²) in [7, 11) is 1.57. The van der Waals surface area contributed by atoms with Gasteiger partial charge in [-0.1, -0.05) is 23.4 Å². The van der Waals surface area contributed by atoms with E-state index in [0.717, 1.165) is 11.3 Å². The lowest BCUT2D eigenvalue weighted by molar-refractivity contribution is -0.117. The van der Waals surface area contributed by atoms with Crippen LogP contribution in [0.3, 0.4) is 0 Å².